The molecule has 2 N–H and O–H groups in total. The van der Waals surface area contributed by atoms with E-state index in [1.807, 2.05) is 6.07 Å². The van der Waals surface area contributed by atoms with Gasteiger partial charge in [0.05, 0.1) is 5.75 Å². The zero-order chi connectivity index (χ0) is 10.9. The minimum atomic E-state index is -3.24. The number of nitrogens with one attached hydrogen (secondary N) is 1. The zero-order valence-corrected chi connectivity index (χ0v) is 8.94. The number of aliphatic hydroxyl groups excluding tert-OH is 1. The Morgan fingerprint density at radius 1 is 1.27 bits per heavy atom. The van der Waals surface area contributed by atoms with Crippen molar-refractivity contribution in [1.82, 2.24) is 5.32 Å². The highest BCUT2D eigenvalue weighted by Gasteiger charge is 2.36. The van der Waals surface area contributed by atoms with Crippen molar-refractivity contribution in [2.45, 2.75) is 11.5 Å². The highest BCUT2D eigenvalue weighted by atomic mass is 32.2. The second-order valence-corrected chi connectivity index (χ2v) is 5.84. The van der Waals surface area contributed by atoms with Crippen LogP contribution in [0.4, 0.5) is 0 Å². The van der Waals surface area contributed by atoms with Crippen LogP contribution in [0.15, 0.2) is 30.3 Å². The molecule has 4 nitrogen and oxygen atoms in total. The third kappa shape index (κ3) is 2.04. The van der Waals surface area contributed by atoms with Crippen molar-refractivity contribution in [3.8, 4) is 0 Å². The van der Waals surface area contributed by atoms with Gasteiger partial charge >= 0.3 is 0 Å². The van der Waals surface area contributed by atoms with Gasteiger partial charge in [-0.15, -0.1) is 0 Å². The van der Waals surface area contributed by atoms with Gasteiger partial charge in [-0.05, 0) is 5.56 Å². The van der Waals surface area contributed by atoms with Crippen LogP contribution in [-0.2, 0) is 9.84 Å². The molecule has 1 saturated heterocycles. The minimum Gasteiger partial charge on any atom is -0.377 e. The standard InChI is InChI=1S/C10H13NO3S/c12-10-9(8-4-2-1-3-5-8)15(13,14)7-6-11-10/h1-5,9-12H,6-7H2. The normalized spacial score (nSPS) is 29.9. The second kappa shape index (κ2) is 3.92. The van der Waals surface area contributed by atoms with Gasteiger partial charge in [-0.1, -0.05) is 30.3 Å². The second-order valence-electron chi connectivity index (χ2n) is 3.60. The van der Waals surface area contributed by atoms with Crippen LogP contribution in [-0.4, -0.2) is 32.0 Å². The average Bonchev–Trinajstić information content (AvgIpc) is 2.17. The lowest BCUT2D eigenvalue weighted by Gasteiger charge is -2.28. The minimum absolute atomic E-state index is 0.0730. The summed E-state index contributed by atoms with van der Waals surface area (Å²) in [6.07, 6.45) is -1.01. The Balaban J connectivity index is 2.41. The summed E-state index contributed by atoms with van der Waals surface area (Å²) < 4.78 is 23.6. The van der Waals surface area contributed by atoms with Gasteiger partial charge in [-0.3, -0.25) is 5.32 Å². The molecule has 5 heteroatoms. The predicted octanol–water partition coefficient (Wildman–Crippen LogP) is 0.0641. The first-order chi connectivity index (χ1) is 7.11. The number of sulfone groups is 1. The van der Waals surface area contributed by atoms with Crippen LogP contribution in [0, 0.1) is 0 Å². The summed E-state index contributed by atoms with van der Waals surface area (Å²) in [5, 5.41) is 11.6. The summed E-state index contributed by atoms with van der Waals surface area (Å²) in [5.74, 6) is 0.0730. The lowest BCUT2D eigenvalue weighted by molar-refractivity contribution is 0.128. The number of aliphatic hydroxyl groups is 1. The fourth-order valence-corrected chi connectivity index (χ4v) is 3.53. The molecular formula is C10H13NO3S. The molecule has 15 heavy (non-hydrogen) atoms. The first-order valence-electron chi connectivity index (χ1n) is 4.79. The van der Waals surface area contributed by atoms with Gasteiger partial charge in [0, 0.05) is 6.54 Å². The highest BCUT2D eigenvalue weighted by Crippen LogP contribution is 2.27. The maximum Gasteiger partial charge on any atom is 0.162 e. The van der Waals surface area contributed by atoms with E-state index in [0.717, 1.165) is 0 Å². The number of benzene rings is 1. The van der Waals surface area contributed by atoms with Gasteiger partial charge in [0.1, 0.15) is 11.5 Å². The van der Waals surface area contributed by atoms with E-state index in [4.69, 9.17) is 0 Å². The summed E-state index contributed by atoms with van der Waals surface area (Å²) in [6.45, 7) is 0.312. The fourth-order valence-electron chi connectivity index (χ4n) is 1.81. The van der Waals surface area contributed by atoms with Crippen LogP contribution >= 0.6 is 0 Å². The van der Waals surface area contributed by atoms with E-state index >= 15 is 0 Å². The first-order valence-corrected chi connectivity index (χ1v) is 6.51. The molecule has 2 atom stereocenters. The summed E-state index contributed by atoms with van der Waals surface area (Å²) in [6, 6.07) is 8.80. The van der Waals surface area contributed by atoms with Crippen molar-refractivity contribution in [3.05, 3.63) is 35.9 Å². The van der Waals surface area contributed by atoms with Crippen molar-refractivity contribution in [2.75, 3.05) is 12.3 Å². The topological polar surface area (TPSA) is 66.4 Å². The Morgan fingerprint density at radius 2 is 1.93 bits per heavy atom. The van der Waals surface area contributed by atoms with Gasteiger partial charge in [0.2, 0.25) is 0 Å². The summed E-state index contributed by atoms with van der Waals surface area (Å²) in [4.78, 5) is 0. The molecular weight excluding hydrogens is 214 g/mol. The van der Waals surface area contributed by atoms with E-state index in [9.17, 15) is 13.5 Å². The van der Waals surface area contributed by atoms with Gasteiger partial charge in [-0.25, -0.2) is 8.42 Å². The molecule has 0 saturated carbocycles. The maximum absolute atomic E-state index is 11.8. The molecule has 1 aromatic carbocycles. The van der Waals surface area contributed by atoms with Gasteiger partial charge in [-0.2, -0.15) is 0 Å². The average molecular weight is 227 g/mol. The molecule has 0 amide bonds. The van der Waals surface area contributed by atoms with E-state index in [1.165, 1.54) is 0 Å². The van der Waals surface area contributed by atoms with Crippen LogP contribution in [0.2, 0.25) is 0 Å². The smallest absolute Gasteiger partial charge is 0.162 e. The SMILES string of the molecule is O=S1(=O)CCNC(O)C1c1ccccc1. The summed E-state index contributed by atoms with van der Waals surface area (Å²) in [5.41, 5.74) is 0.636. The van der Waals surface area contributed by atoms with Gasteiger partial charge in [0.15, 0.2) is 9.84 Å². The summed E-state index contributed by atoms with van der Waals surface area (Å²) >= 11 is 0. The molecule has 82 valence electrons. The largest absolute Gasteiger partial charge is 0.377 e. The lowest BCUT2D eigenvalue weighted by atomic mass is 10.1. The van der Waals surface area contributed by atoms with Crippen molar-refractivity contribution in [1.29, 1.82) is 0 Å². The number of rotatable bonds is 1. The monoisotopic (exact) mass is 227 g/mol. The van der Waals surface area contributed by atoms with E-state index in [0.29, 0.717) is 12.1 Å². The number of hydrogen-bond acceptors (Lipinski definition) is 4. The molecule has 0 aromatic heterocycles. The van der Waals surface area contributed by atoms with Crippen molar-refractivity contribution in [3.63, 3.8) is 0 Å². The van der Waals surface area contributed by atoms with Crippen molar-refractivity contribution < 1.29 is 13.5 Å². The van der Waals surface area contributed by atoms with Crippen LogP contribution in [0.25, 0.3) is 0 Å². The van der Waals surface area contributed by atoms with E-state index in [2.05, 4.69) is 5.32 Å². The molecule has 1 aliphatic heterocycles. The highest BCUT2D eigenvalue weighted by molar-refractivity contribution is 7.91. The van der Waals surface area contributed by atoms with Crippen LogP contribution in [0.1, 0.15) is 10.8 Å². The van der Waals surface area contributed by atoms with Crippen LogP contribution < -0.4 is 5.32 Å². The first kappa shape index (κ1) is 10.6. The molecule has 1 heterocycles. The Hall–Kier alpha value is -0.910. The third-order valence-electron chi connectivity index (χ3n) is 2.54. The number of hydrogen-bond donors (Lipinski definition) is 2. The van der Waals surface area contributed by atoms with Gasteiger partial charge in [0.25, 0.3) is 0 Å². The fraction of sp³-hybridized carbons (Fsp3) is 0.400. The molecule has 0 spiro atoms. The predicted molar refractivity (Wildman–Crippen MR) is 57.0 cm³/mol. The Labute approximate surface area is 88.9 Å². The zero-order valence-electron chi connectivity index (χ0n) is 8.13. The van der Waals surface area contributed by atoms with E-state index in [1.54, 1.807) is 24.3 Å². The van der Waals surface area contributed by atoms with Crippen LogP contribution in [0.3, 0.4) is 0 Å². The van der Waals surface area contributed by atoms with Crippen molar-refractivity contribution >= 4 is 9.84 Å². The Bertz CT molecular complexity index is 429. The molecule has 1 fully saturated rings. The lowest BCUT2D eigenvalue weighted by Crippen LogP contribution is -2.47. The molecule has 2 unspecified atom stereocenters. The van der Waals surface area contributed by atoms with Gasteiger partial charge < -0.3 is 5.11 Å². The van der Waals surface area contributed by atoms with E-state index in [-0.39, 0.29) is 5.75 Å². The molecule has 2 rings (SSSR count). The Kier molecular flexibility index (Phi) is 2.77. The molecule has 0 aliphatic carbocycles. The molecule has 0 bridgehead atoms. The molecule has 0 radical (unpaired) electrons. The summed E-state index contributed by atoms with van der Waals surface area (Å²) in [7, 11) is -3.24. The third-order valence-corrected chi connectivity index (χ3v) is 4.62. The molecule has 1 aromatic rings. The Morgan fingerprint density at radius 3 is 2.53 bits per heavy atom. The van der Waals surface area contributed by atoms with Crippen LogP contribution in [0.5, 0.6) is 0 Å². The molecule has 1 aliphatic rings. The quantitative estimate of drug-likeness (QED) is 0.712. The van der Waals surface area contributed by atoms with E-state index < -0.39 is 21.3 Å². The maximum atomic E-state index is 11.8. The van der Waals surface area contributed by atoms with Crippen molar-refractivity contribution in [2.24, 2.45) is 0 Å².